The molecule has 0 aliphatic heterocycles. The van der Waals surface area contributed by atoms with Crippen molar-refractivity contribution in [1.82, 2.24) is 5.32 Å². The van der Waals surface area contributed by atoms with E-state index in [2.05, 4.69) is 31.3 Å². The van der Waals surface area contributed by atoms with Crippen LogP contribution in [0.1, 0.15) is 38.7 Å². The summed E-state index contributed by atoms with van der Waals surface area (Å²) in [6, 6.07) is 9.96. The molecule has 18 heavy (non-hydrogen) atoms. The quantitative estimate of drug-likeness (QED) is 0.777. The lowest BCUT2D eigenvalue weighted by atomic mass is 10.0. The first kappa shape index (κ1) is 14.7. The van der Waals surface area contributed by atoms with Gasteiger partial charge in [-0.3, -0.25) is 4.79 Å². The van der Waals surface area contributed by atoms with Crippen LogP contribution in [0.3, 0.4) is 0 Å². The van der Waals surface area contributed by atoms with E-state index in [1.54, 1.807) is 0 Å². The number of benzene rings is 1. The number of nitrogens with one attached hydrogen (secondary N) is 1. The van der Waals surface area contributed by atoms with Gasteiger partial charge in [-0.05, 0) is 31.2 Å². The summed E-state index contributed by atoms with van der Waals surface area (Å²) in [5.41, 5.74) is 7.14. The Morgan fingerprint density at radius 1 is 1.22 bits per heavy atom. The summed E-state index contributed by atoms with van der Waals surface area (Å²) in [5.74, 6) is -0.0281. The number of rotatable bonds is 7. The van der Waals surface area contributed by atoms with Crippen molar-refractivity contribution in [2.45, 2.75) is 51.6 Å². The fourth-order valence-corrected chi connectivity index (χ4v) is 1.90. The van der Waals surface area contributed by atoms with Gasteiger partial charge in [-0.2, -0.15) is 0 Å². The van der Waals surface area contributed by atoms with E-state index in [1.165, 1.54) is 5.56 Å². The molecular formula is C15H24N2O. The van der Waals surface area contributed by atoms with Gasteiger partial charge in [0.05, 0.1) is 6.04 Å². The zero-order chi connectivity index (χ0) is 13.4. The Labute approximate surface area is 110 Å². The molecule has 0 saturated heterocycles. The van der Waals surface area contributed by atoms with Crippen LogP contribution in [-0.2, 0) is 11.2 Å². The van der Waals surface area contributed by atoms with Gasteiger partial charge < -0.3 is 11.1 Å². The molecule has 1 rings (SSSR count). The Kier molecular flexibility index (Phi) is 6.44. The SMILES string of the molecule is CCC(CC)NC(=O)C(N)CCc1ccccc1. The maximum absolute atomic E-state index is 11.9. The monoisotopic (exact) mass is 248 g/mol. The second kappa shape index (κ2) is 7.88. The van der Waals surface area contributed by atoms with Crippen molar-refractivity contribution in [3.05, 3.63) is 35.9 Å². The summed E-state index contributed by atoms with van der Waals surface area (Å²) >= 11 is 0. The lowest BCUT2D eigenvalue weighted by Crippen LogP contribution is -2.45. The standard InChI is InChI=1S/C15H24N2O/c1-3-13(4-2)17-15(18)14(16)11-10-12-8-6-5-7-9-12/h5-9,13-14H,3-4,10-11,16H2,1-2H3,(H,17,18). The summed E-state index contributed by atoms with van der Waals surface area (Å²) in [7, 11) is 0. The Hall–Kier alpha value is -1.35. The molecule has 1 aromatic rings. The Morgan fingerprint density at radius 3 is 2.39 bits per heavy atom. The molecule has 1 atom stereocenters. The van der Waals surface area contributed by atoms with E-state index >= 15 is 0 Å². The third-order valence-electron chi connectivity index (χ3n) is 3.26. The maximum Gasteiger partial charge on any atom is 0.237 e. The fraction of sp³-hybridized carbons (Fsp3) is 0.533. The highest BCUT2D eigenvalue weighted by atomic mass is 16.2. The van der Waals surface area contributed by atoms with Crippen LogP contribution in [0.4, 0.5) is 0 Å². The van der Waals surface area contributed by atoms with Crippen LogP contribution in [-0.4, -0.2) is 18.0 Å². The number of nitrogens with two attached hydrogens (primary N) is 1. The van der Waals surface area contributed by atoms with Gasteiger partial charge in [0, 0.05) is 6.04 Å². The predicted octanol–water partition coefficient (Wildman–Crippen LogP) is 2.25. The molecule has 0 aliphatic rings. The van der Waals surface area contributed by atoms with E-state index in [9.17, 15) is 4.79 Å². The predicted molar refractivity (Wildman–Crippen MR) is 75.3 cm³/mol. The third-order valence-corrected chi connectivity index (χ3v) is 3.26. The van der Waals surface area contributed by atoms with Crippen molar-refractivity contribution in [3.8, 4) is 0 Å². The van der Waals surface area contributed by atoms with E-state index in [-0.39, 0.29) is 11.9 Å². The van der Waals surface area contributed by atoms with Crippen molar-refractivity contribution in [2.75, 3.05) is 0 Å². The van der Waals surface area contributed by atoms with Gasteiger partial charge in [0.25, 0.3) is 0 Å². The zero-order valence-electron chi connectivity index (χ0n) is 11.4. The molecule has 0 aliphatic carbocycles. The summed E-state index contributed by atoms with van der Waals surface area (Å²) in [4.78, 5) is 11.9. The van der Waals surface area contributed by atoms with E-state index in [0.29, 0.717) is 6.42 Å². The van der Waals surface area contributed by atoms with Crippen molar-refractivity contribution >= 4 is 5.91 Å². The fourth-order valence-electron chi connectivity index (χ4n) is 1.90. The van der Waals surface area contributed by atoms with Crippen LogP contribution in [0.15, 0.2) is 30.3 Å². The smallest absolute Gasteiger partial charge is 0.237 e. The van der Waals surface area contributed by atoms with E-state index in [1.807, 2.05) is 18.2 Å². The number of aryl methyl sites for hydroxylation is 1. The highest BCUT2D eigenvalue weighted by Gasteiger charge is 2.15. The molecule has 1 unspecified atom stereocenters. The molecule has 0 fully saturated rings. The number of carbonyl (C=O) groups excluding carboxylic acids is 1. The summed E-state index contributed by atoms with van der Waals surface area (Å²) in [6.07, 6.45) is 3.44. The van der Waals surface area contributed by atoms with Crippen molar-refractivity contribution in [1.29, 1.82) is 0 Å². The van der Waals surface area contributed by atoms with Gasteiger partial charge in [-0.25, -0.2) is 0 Å². The van der Waals surface area contributed by atoms with Crippen LogP contribution < -0.4 is 11.1 Å². The van der Waals surface area contributed by atoms with Crippen LogP contribution >= 0.6 is 0 Å². The van der Waals surface area contributed by atoms with Crippen LogP contribution in [0.25, 0.3) is 0 Å². The van der Waals surface area contributed by atoms with Gasteiger partial charge in [-0.1, -0.05) is 44.2 Å². The van der Waals surface area contributed by atoms with Crippen LogP contribution in [0, 0.1) is 0 Å². The molecule has 1 aromatic carbocycles. The summed E-state index contributed by atoms with van der Waals surface area (Å²) in [6.45, 7) is 4.15. The minimum atomic E-state index is -0.411. The van der Waals surface area contributed by atoms with Gasteiger partial charge in [-0.15, -0.1) is 0 Å². The molecule has 0 spiro atoms. The third kappa shape index (κ3) is 4.88. The largest absolute Gasteiger partial charge is 0.352 e. The lowest BCUT2D eigenvalue weighted by Gasteiger charge is -2.18. The first-order valence-corrected chi connectivity index (χ1v) is 6.77. The second-order valence-electron chi connectivity index (χ2n) is 4.65. The van der Waals surface area contributed by atoms with Crippen molar-refractivity contribution in [2.24, 2.45) is 5.73 Å². The topological polar surface area (TPSA) is 55.1 Å². The molecule has 3 heteroatoms. The minimum absolute atomic E-state index is 0.0281. The van der Waals surface area contributed by atoms with Gasteiger partial charge >= 0.3 is 0 Å². The molecule has 3 N–H and O–H groups in total. The average Bonchev–Trinajstić information content (AvgIpc) is 2.42. The molecule has 100 valence electrons. The van der Waals surface area contributed by atoms with Gasteiger partial charge in [0.1, 0.15) is 0 Å². The molecular weight excluding hydrogens is 224 g/mol. The average molecular weight is 248 g/mol. The van der Waals surface area contributed by atoms with E-state index < -0.39 is 6.04 Å². The molecule has 3 nitrogen and oxygen atoms in total. The normalized spacial score (nSPS) is 12.4. The maximum atomic E-state index is 11.9. The molecule has 1 amide bonds. The lowest BCUT2D eigenvalue weighted by molar-refractivity contribution is -0.123. The highest BCUT2D eigenvalue weighted by molar-refractivity contribution is 5.81. The van der Waals surface area contributed by atoms with E-state index in [0.717, 1.165) is 19.3 Å². The van der Waals surface area contributed by atoms with E-state index in [4.69, 9.17) is 5.73 Å². The number of hydrogen-bond acceptors (Lipinski definition) is 2. The Balaban J connectivity index is 2.36. The summed E-state index contributed by atoms with van der Waals surface area (Å²) < 4.78 is 0. The zero-order valence-corrected chi connectivity index (χ0v) is 11.4. The van der Waals surface area contributed by atoms with Gasteiger partial charge in [0.2, 0.25) is 5.91 Å². The molecule has 0 radical (unpaired) electrons. The molecule has 0 bridgehead atoms. The molecule has 0 heterocycles. The molecule has 0 saturated carbocycles. The first-order valence-electron chi connectivity index (χ1n) is 6.77. The van der Waals surface area contributed by atoms with Crippen molar-refractivity contribution in [3.63, 3.8) is 0 Å². The van der Waals surface area contributed by atoms with Crippen molar-refractivity contribution < 1.29 is 4.79 Å². The number of amides is 1. The van der Waals surface area contributed by atoms with Gasteiger partial charge in [0.15, 0.2) is 0 Å². The number of carbonyl (C=O) groups is 1. The van der Waals surface area contributed by atoms with Crippen LogP contribution in [0.5, 0.6) is 0 Å². The molecule has 0 aromatic heterocycles. The number of hydrogen-bond donors (Lipinski definition) is 2. The minimum Gasteiger partial charge on any atom is -0.352 e. The first-order chi connectivity index (χ1) is 8.67. The second-order valence-corrected chi connectivity index (χ2v) is 4.65. The Bertz CT molecular complexity index is 347. The summed E-state index contributed by atoms with van der Waals surface area (Å²) in [5, 5.41) is 2.99. The Morgan fingerprint density at radius 2 is 1.83 bits per heavy atom. The highest BCUT2D eigenvalue weighted by Crippen LogP contribution is 2.05. The van der Waals surface area contributed by atoms with Crippen LogP contribution in [0.2, 0.25) is 0 Å².